The van der Waals surface area contributed by atoms with E-state index >= 15 is 0 Å². The third-order valence-electron chi connectivity index (χ3n) is 3.64. The van der Waals surface area contributed by atoms with Gasteiger partial charge in [0.25, 0.3) is 0 Å². The van der Waals surface area contributed by atoms with Crippen molar-refractivity contribution >= 4 is 0 Å². The van der Waals surface area contributed by atoms with Crippen molar-refractivity contribution in [3.63, 3.8) is 0 Å². The summed E-state index contributed by atoms with van der Waals surface area (Å²) in [6, 6.07) is 4.69. The van der Waals surface area contributed by atoms with Crippen LogP contribution in [0.2, 0.25) is 0 Å². The van der Waals surface area contributed by atoms with Gasteiger partial charge in [-0.2, -0.15) is 0 Å². The first-order chi connectivity index (χ1) is 9.72. The van der Waals surface area contributed by atoms with Crippen molar-refractivity contribution in [3.05, 3.63) is 42.4 Å². The lowest BCUT2D eigenvalue weighted by Crippen LogP contribution is -2.28. The highest BCUT2D eigenvalue weighted by molar-refractivity contribution is 5.01. The summed E-state index contributed by atoms with van der Waals surface area (Å²) in [5.74, 6) is 2.84. The molecule has 0 amide bonds. The SMILES string of the molecule is CC(C)CN(Cc1ccco1)Cc1nccn1C1CC1. The zero-order valence-electron chi connectivity index (χ0n) is 12.3. The second-order valence-electron chi connectivity index (χ2n) is 6.12. The van der Waals surface area contributed by atoms with Crippen molar-refractivity contribution < 1.29 is 4.42 Å². The predicted octanol–water partition coefficient (Wildman–Crippen LogP) is 3.47. The first-order valence-electron chi connectivity index (χ1n) is 7.49. The quantitative estimate of drug-likeness (QED) is 0.774. The normalized spacial score (nSPS) is 15.4. The van der Waals surface area contributed by atoms with E-state index in [4.69, 9.17) is 4.42 Å². The van der Waals surface area contributed by atoms with Crippen LogP contribution in [0.25, 0.3) is 0 Å². The Morgan fingerprint density at radius 1 is 1.40 bits per heavy atom. The molecular weight excluding hydrogens is 250 g/mol. The fourth-order valence-electron chi connectivity index (χ4n) is 2.68. The summed E-state index contributed by atoms with van der Waals surface area (Å²) in [5, 5.41) is 0. The van der Waals surface area contributed by atoms with E-state index in [2.05, 4.69) is 34.5 Å². The molecule has 4 nitrogen and oxygen atoms in total. The highest BCUT2D eigenvalue weighted by Gasteiger charge is 2.26. The average Bonchev–Trinajstić information content (AvgIpc) is 2.92. The lowest BCUT2D eigenvalue weighted by Gasteiger charge is -2.23. The van der Waals surface area contributed by atoms with Crippen LogP contribution in [-0.4, -0.2) is 21.0 Å². The molecule has 2 heterocycles. The Morgan fingerprint density at radius 2 is 2.25 bits per heavy atom. The summed E-state index contributed by atoms with van der Waals surface area (Å²) >= 11 is 0. The third-order valence-corrected chi connectivity index (χ3v) is 3.64. The predicted molar refractivity (Wildman–Crippen MR) is 78.2 cm³/mol. The summed E-state index contributed by atoms with van der Waals surface area (Å²) in [5.41, 5.74) is 0. The minimum absolute atomic E-state index is 0.634. The van der Waals surface area contributed by atoms with Gasteiger partial charge >= 0.3 is 0 Å². The molecule has 0 radical (unpaired) electrons. The molecule has 0 spiro atoms. The molecule has 0 atom stereocenters. The summed E-state index contributed by atoms with van der Waals surface area (Å²) in [6.45, 7) is 7.30. The van der Waals surface area contributed by atoms with Crippen molar-refractivity contribution in [2.75, 3.05) is 6.54 Å². The van der Waals surface area contributed by atoms with Crippen LogP contribution in [0.15, 0.2) is 35.2 Å². The third kappa shape index (κ3) is 3.31. The first kappa shape index (κ1) is 13.4. The van der Waals surface area contributed by atoms with Crippen molar-refractivity contribution in [1.29, 1.82) is 0 Å². The molecule has 1 aliphatic rings. The van der Waals surface area contributed by atoms with Crippen LogP contribution in [0.4, 0.5) is 0 Å². The average molecular weight is 273 g/mol. The summed E-state index contributed by atoms with van der Waals surface area (Å²) in [4.78, 5) is 6.97. The van der Waals surface area contributed by atoms with E-state index in [1.165, 1.54) is 18.7 Å². The highest BCUT2D eigenvalue weighted by atomic mass is 16.3. The Bertz CT molecular complexity index is 526. The molecule has 1 aliphatic carbocycles. The van der Waals surface area contributed by atoms with E-state index in [9.17, 15) is 0 Å². The van der Waals surface area contributed by atoms with Crippen LogP contribution < -0.4 is 0 Å². The molecule has 0 aliphatic heterocycles. The summed E-state index contributed by atoms with van der Waals surface area (Å²) in [7, 11) is 0. The van der Waals surface area contributed by atoms with Gasteiger partial charge in [0, 0.05) is 25.0 Å². The van der Waals surface area contributed by atoms with Gasteiger partial charge in [-0.3, -0.25) is 4.90 Å². The van der Waals surface area contributed by atoms with E-state index in [0.29, 0.717) is 12.0 Å². The maximum atomic E-state index is 5.49. The molecule has 0 saturated heterocycles. The van der Waals surface area contributed by atoms with Crippen LogP contribution in [0, 0.1) is 5.92 Å². The van der Waals surface area contributed by atoms with Crippen LogP contribution in [0.5, 0.6) is 0 Å². The maximum absolute atomic E-state index is 5.49. The van der Waals surface area contributed by atoms with Gasteiger partial charge in [-0.1, -0.05) is 13.8 Å². The van der Waals surface area contributed by atoms with Crippen LogP contribution in [0.3, 0.4) is 0 Å². The van der Waals surface area contributed by atoms with Gasteiger partial charge in [0.15, 0.2) is 0 Å². The Morgan fingerprint density at radius 3 is 2.90 bits per heavy atom. The molecule has 1 saturated carbocycles. The standard InChI is InChI=1S/C16H23N3O/c1-13(2)10-18(11-15-4-3-9-20-15)12-16-17-7-8-19(16)14-5-6-14/h3-4,7-9,13-14H,5-6,10-12H2,1-2H3. The maximum Gasteiger partial charge on any atom is 0.123 e. The number of hydrogen-bond donors (Lipinski definition) is 0. The van der Waals surface area contributed by atoms with E-state index in [1.807, 2.05) is 18.3 Å². The van der Waals surface area contributed by atoms with E-state index in [0.717, 1.165) is 25.4 Å². The van der Waals surface area contributed by atoms with Gasteiger partial charge in [0.2, 0.25) is 0 Å². The number of nitrogens with zero attached hydrogens (tertiary/aromatic N) is 3. The lowest BCUT2D eigenvalue weighted by atomic mass is 10.2. The number of rotatable bonds is 7. The van der Waals surface area contributed by atoms with E-state index in [1.54, 1.807) is 6.26 Å². The van der Waals surface area contributed by atoms with Gasteiger partial charge in [0.1, 0.15) is 11.6 Å². The Labute approximate surface area is 120 Å². The molecule has 2 aromatic heterocycles. The number of imidazole rings is 1. The van der Waals surface area contributed by atoms with Crippen LogP contribution in [-0.2, 0) is 13.1 Å². The summed E-state index contributed by atoms with van der Waals surface area (Å²) < 4.78 is 7.83. The minimum Gasteiger partial charge on any atom is -0.468 e. The molecular formula is C16H23N3O. The summed E-state index contributed by atoms with van der Waals surface area (Å²) in [6.07, 6.45) is 8.38. The zero-order chi connectivity index (χ0) is 13.9. The van der Waals surface area contributed by atoms with Crippen molar-refractivity contribution in [2.45, 2.75) is 45.8 Å². The van der Waals surface area contributed by atoms with Crippen molar-refractivity contribution in [1.82, 2.24) is 14.5 Å². The lowest BCUT2D eigenvalue weighted by molar-refractivity contribution is 0.203. The number of aromatic nitrogens is 2. The second kappa shape index (κ2) is 5.83. The second-order valence-corrected chi connectivity index (χ2v) is 6.12. The van der Waals surface area contributed by atoms with E-state index < -0.39 is 0 Å². The fourth-order valence-corrected chi connectivity index (χ4v) is 2.68. The molecule has 0 aromatic carbocycles. The van der Waals surface area contributed by atoms with Gasteiger partial charge in [-0.05, 0) is 30.9 Å². The largest absolute Gasteiger partial charge is 0.468 e. The first-order valence-corrected chi connectivity index (χ1v) is 7.49. The molecule has 2 aromatic rings. The molecule has 4 heteroatoms. The van der Waals surface area contributed by atoms with E-state index in [-0.39, 0.29) is 0 Å². The fraction of sp³-hybridized carbons (Fsp3) is 0.562. The molecule has 3 rings (SSSR count). The van der Waals surface area contributed by atoms with Gasteiger partial charge < -0.3 is 8.98 Å². The molecule has 1 fully saturated rings. The van der Waals surface area contributed by atoms with Crippen molar-refractivity contribution in [2.24, 2.45) is 5.92 Å². The minimum atomic E-state index is 0.634. The Balaban J connectivity index is 1.69. The molecule has 0 unspecified atom stereocenters. The molecule has 0 N–H and O–H groups in total. The molecule has 108 valence electrons. The Kier molecular flexibility index (Phi) is 3.92. The van der Waals surface area contributed by atoms with Gasteiger partial charge in [-0.15, -0.1) is 0 Å². The van der Waals surface area contributed by atoms with Gasteiger partial charge in [0.05, 0.1) is 19.4 Å². The van der Waals surface area contributed by atoms with Crippen molar-refractivity contribution in [3.8, 4) is 0 Å². The monoisotopic (exact) mass is 273 g/mol. The van der Waals surface area contributed by atoms with Crippen LogP contribution in [0.1, 0.15) is 44.3 Å². The zero-order valence-corrected chi connectivity index (χ0v) is 12.3. The topological polar surface area (TPSA) is 34.2 Å². The Hall–Kier alpha value is -1.55. The van der Waals surface area contributed by atoms with Crippen LogP contribution >= 0.6 is 0 Å². The molecule has 20 heavy (non-hydrogen) atoms. The highest BCUT2D eigenvalue weighted by Crippen LogP contribution is 2.35. The number of furan rings is 1. The van der Waals surface area contributed by atoms with Gasteiger partial charge in [-0.25, -0.2) is 4.98 Å². The number of hydrogen-bond acceptors (Lipinski definition) is 3. The molecule has 0 bridgehead atoms. The smallest absolute Gasteiger partial charge is 0.123 e.